The summed E-state index contributed by atoms with van der Waals surface area (Å²) in [5.74, 6) is 1.21. The zero-order valence-corrected chi connectivity index (χ0v) is 14.3. The first kappa shape index (κ1) is 14.3. The number of allylic oxidation sites excluding steroid dienone is 3. The summed E-state index contributed by atoms with van der Waals surface area (Å²) in [6.45, 7) is 0. The summed E-state index contributed by atoms with van der Waals surface area (Å²) in [5, 5.41) is 8.37. The minimum atomic E-state index is -0.281. The zero-order valence-electron chi connectivity index (χ0n) is 12.2. The van der Waals surface area contributed by atoms with Crippen molar-refractivity contribution in [2.24, 2.45) is 0 Å². The summed E-state index contributed by atoms with van der Waals surface area (Å²) in [6.07, 6.45) is 4.23. The summed E-state index contributed by atoms with van der Waals surface area (Å²) in [4.78, 5) is 0. The van der Waals surface area contributed by atoms with E-state index in [4.69, 9.17) is 4.42 Å². The Kier molecular flexibility index (Phi) is 3.98. The van der Waals surface area contributed by atoms with Crippen molar-refractivity contribution in [2.45, 2.75) is 0 Å². The van der Waals surface area contributed by atoms with Gasteiger partial charge < -0.3 is 4.42 Å². The van der Waals surface area contributed by atoms with Crippen molar-refractivity contribution in [1.29, 1.82) is 0 Å². The minimum Gasteiger partial charge on any atom is -0.416 e. The molecule has 0 radical (unpaired) electrons. The topological polar surface area (TPSA) is 38.9 Å². The number of aromatic nitrogens is 2. The van der Waals surface area contributed by atoms with Crippen molar-refractivity contribution in [3.63, 3.8) is 0 Å². The summed E-state index contributed by atoms with van der Waals surface area (Å²) >= 11 is -0.281. The van der Waals surface area contributed by atoms with E-state index in [-0.39, 0.29) is 20.7 Å². The highest BCUT2D eigenvalue weighted by Gasteiger charge is 2.13. The molecule has 0 spiro atoms. The number of nitrogens with zero attached hydrogens (tertiary/aromatic N) is 2. The fourth-order valence-electron chi connectivity index (χ4n) is 2.28. The van der Waals surface area contributed by atoms with Crippen LogP contribution in [0.3, 0.4) is 0 Å². The third-order valence-corrected chi connectivity index (χ3v) is 5.93. The third-order valence-electron chi connectivity index (χ3n) is 3.46. The average molecular weight is 412 g/mol. The maximum absolute atomic E-state index is 5.84. The summed E-state index contributed by atoms with van der Waals surface area (Å²) in [7, 11) is 0. The summed E-state index contributed by atoms with van der Waals surface area (Å²) < 4.78 is 9.29. The quantitative estimate of drug-likeness (QED) is 0.572. The van der Waals surface area contributed by atoms with Crippen molar-refractivity contribution >= 4 is 33.9 Å². The molecular formula is C19H13IN2O. The van der Waals surface area contributed by atoms with Crippen LogP contribution in [-0.4, -0.2) is 14.2 Å². The second kappa shape index (κ2) is 6.42. The number of benzene rings is 2. The second-order valence-corrected chi connectivity index (χ2v) is 7.41. The van der Waals surface area contributed by atoms with Gasteiger partial charge in [-0.3, -0.25) is 0 Å². The minimum absolute atomic E-state index is 0.281. The van der Waals surface area contributed by atoms with Gasteiger partial charge in [0.15, 0.2) is 0 Å². The van der Waals surface area contributed by atoms with Crippen LogP contribution in [0.25, 0.3) is 20.6 Å². The molecule has 1 aliphatic rings. The Morgan fingerprint density at radius 3 is 2.00 bits per heavy atom. The lowest BCUT2D eigenvalue weighted by molar-refractivity contribution is 0.557. The Balaban J connectivity index is 1.61. The second-order valence-electron chi connectivity index (χ2n) is 5.00. The maximum Gasteiger partial charge on any atom is 0.253 e. The lowest BCUT2D eigenvalue weighted by Crippen LogP contribution is -1.87. The fraction of sp³-hybridized carbons (Fsp3) is 0. The molecule has 4 rings (SSSR count). The smallest absolute Gasteiger partial charge is 0.253 e. The van der Waals surface area contributed by atoms with E-state index in [0.29, 0.717) is 11.8 Å². The van der Waals surface area contributed by atoms with Crippen LogP contribution in [0.2, 0.25) is 0 Å². The average Bonchev–Trinajstić information content (AvgIpc) is 3.14. The van der Waals surface area contributed by atoms with Crippen LogP contribution in [0.5, 0.6) is 0 Å². The van der Waals surface area contributed by atoms with E-state index in [2.05, 4.69) is 50.6 Å². The molecule has 3 aromatic rings. The van der Waals surface area contributed by atoms with Gasteiger partial charge in [0.2, 0.25) is 5.89 Å². The maximum atomic E-state index is 5.84. The van der Waals surface area contributed by atoms with Gasteiger partial charge in [0.25, 0.3) is 5.89 Å². The Morgan fingerprint density at radius 2 is 1.35 bits per heavy atom. The van der Waals surface area contributed by atoms with Crippen LogP contribution < -0.4 is 0 Å². The SMILES string of the molecule is C1=IC(c2nnc(-c3ccccc3)o2)=CC=C1c1ccccc1. The summed E-state index contributed by atoms with van der Waals surface area (Å²) in [5.41, 5.74) is 3.47. The highest BCUT2D eigenvalue weighted by molar-refractivity contribution is 14.2. The van der Waals surface area contributed by atoms with Crippen LogP contribution in [0.4, 0.5) is 0 Å². The fourth-order valence-corrected chi connectivity index (χ4v) is 4.39. The van der Waals surface area contributed by atoms with Crippen molar-refractivity contribution < 1.29 is 4.42 Å². The van der Waals surface area contributed by atoms with Crippen LogP contribution in [0.1, 0.15) is 11.5 Å². The molecule has 2 aromatic carbocycles. The number of rotatable bonds is 3. The predicted molar refractivity (Wildman–Crippen MR) is 102 cm³/mol. The van der Waals surface area contributed by atoms with Gasteiger partial charge in [-0.1, -0.05) is 75.3 Å². The molecule has 1 aliphatic heterocycles. The lowest BCUT2D eigenvalue weighted by atomic mass is 10.1. The molecule has 1 aromatic heterocycles. The zero-order chi connectivity index (χ0) is 15.5. The molecule has 0 aliphatic carbocycles. The molecule has 0 fully saturated rings. The predicted octanol–water partition coefficient (Wildman–Crippen LogP) is 4.95. The lowest BCUT2D eigenvalue weighted by Gasteiger charge is -2.05. The molecule has 0 bridgehead atoms. The first-order valence-electron chi connectivity index (χ1n) is 7.23. The monoisotopic (exact) mass is 412 g/mol. The van der Waals surface area contributed by atoms with Gasteiger partial charge in [-0.15, -0.1) is 10.2 Å². The van der Waals surface area contributed by atoms with Crippen LogP contribution in [-0.2, 0) is 0 Å². The number of halogens is 1. The molecule has 0 saturated carbocycles. The first-order valence-corrected chi connectivity index (χ1v) is 9.56. The normalized spacial score (nSPS) is 13.9. The highest BCUT2D eigenvalue weighted by Crippen LogP contribution is 2.33. The van der Waals surface area contributed by atoms with E-state index >= 15 is 0 Å². The Hall–Kier alpha value is -2.34. The summed E-state index contributed by atoms with van der Waals surface area (Å²) in [6, 6.07) is 20.3. The molecule has 0 amide bonds. The molecule has 0 N–H and O–H groups in total. The highest BCUT2D eigenvalue weighted by atomic mass is 127. The molecule has 23 heavy (non-hydrogen) atoms. The number of hydrogen-bond donors (Lipinski definition) is 0. The molecule has 0 saturated heterocycles. The van der Waals surface area contributed by atoms with E-state index in [1.807, 2.05) is 36.4 Å². The van der Waals surface area contributed by atoms with Crippen LogP contribution >= 0.6 is 20.7 Å². The number of hydrogen-bond acceptors (Lipinski definition) is 3. The van der Waals surface area contributed by atoms with Gasteiger partial charge in [-0.05, 0) is 33.4 Å². The molecular weight excluding hydrogens is 399 g/mol. The van der Waals surface area contributed by atoms with Gasteiger partial charge in [-0.25, -0.2) is 0 Å². The Bertz CT molecular complexity index is 909. The van der Waals surface area contributed by atoms with E-state index in [0.717, 1.165) is 9.14 Å². The molecule has 4 heteroatoms. The van der Waals surface area contributed by atoms with Gasteiger partial charge >= 0.3 is 0 Å². The molecule has 112 valence electrons. The van der Waals surface area contributed by atoms with Crippen molar-refractivity contribution in [2.75, 3.05) is 0 Å². The molecule has 3 nitrogen and oxygen atoms in total. The van der Waals surface area contributed by atoms with Crippen molar-refractivity contribution in [3.05, 3.63) is 84.3 Å². The first-order chi connectivity index (χ1) is 11.4. The van der Waals surface area contributed by atoms with Crippen molar-refractivity contribution in [3.8, 4) is 11.5 Å². The van der Waals surface area contributed by atoms with Crippen LogP contribution in [0.15, 0.2) is 77.2 Å². The molecule has 0 unspecified atom stereocenters. The Morgan fingerprint density at radius 1 is 0.696 bits per heavy atom. The van der Waals surface area contributed by atoms with Crippen LogP contribution in [0, 0.1) is 0 Å². The molecule has 0 atom stereocenters. The third kappa shape index (κ3) is 3.07. The van der Waals surface area contributed by atoms with E-state index < -0.39 is 0 Å². The Labute approximate surface area is 144 Å². The standard InChI is InChI=1S/C19H13IN2O/c1-3-7-14(8-4-1)16-11-12-17(20-13-16)19-22-21-18(23-19)15-9-5-2-6-10-15/h1-13H. The van der Waals surface area contributed by atoms with E-state index in [1.54, 1.807) is 0 Å². The van der Waals surface area contributed by atoms with Crippen molar-refractivity contribution in [1.82, 2.24) is 10.2 Å². The van der Waals surface area contributed by atoms with Gasteiger partial charge in [-0.2, -0.15) is 0 Å². The van der Waals surface area contributed by atoms with E-state index in [9.17, 15) is 0 Å². The van der Waals surface area contributed by atoms with Gasteiger partial charge in [0, 0.05) is 5.56 Å². The van der Waals surface area contributed by atoms with Gasteiger partial charge in [0.1, 0.15) is 0 Å². The molecule has 2 heterocycles. The van der Waals surface area contributed by atoms with E-state index in [1.165, 1.54) is 11.1 Å². The van der Waals surface area contributed by atoms with Gasteiger partial charge in [0.05, 0.1) is 3.58 Å². The largest absolute Gasteiger partial charge is 0.416 e.